The number of thioether (sulfide) groups is 1. The van der Waals surface area contributed by atoms with Gasteiger partial charge in [0.25, 0.3) is 5.91 Å². The molecule has 0 bridgehead atoms. The van der Waals surface area contributed by atoms with Gasteiger partial charge >= 0.3 is 5.69 Å². The van der Waals surface area contributed by atoms with E-state index in [-0.39, 0.29) is 39.6 Å². The van der Waals surface area contributed by atoms with Gasteiger partial charge in [-0.25, -0.2) is 4.39 Å². The number of methoxy groups -OCH3 is 1. The van der Waals surface area contributed by atoms with Crippen LogP contribution < -0.4 is 4.74 Å². The van der Waals surface area contributed by atoms with Crippen molar-refractivity contribution in [1.29, 1.82) is 0 Å². The molecule has 1 aliphatic rings. The lowest BCUT2D eigenvalue weighted by Gasteiger charge is -2.35. The Bertz CT molecular complexity index is 1030. The molecule has 0 aliphatic carbocycles. The molecule has 0 spiro atoms. The predicted molar refractivity (Wildman–Crippen MR) is 120 cm³/mol. The predicted octanol–water partition coefficient (Wildman–Crippen LogP) is 3.61. The van der Waals surface area contributed by atoms with Crippen molar-refractivity contribution in [3.05, 3.63) is 68.5 Å². The van der Waals surface area contributed by atoms with E-state index in [1.807, 2.05) is 0 Å². The summed E-state index contributed by atoms with van der Waals surface area (Å²) in [5, 5.41) is 11.2. The summed E-state index contributed by atoms with van der Waals surface area (Å²) in [6, 6.07) is 8.36. The molecule has 0 atom stereocenters. The molecule has 0 radical (unpaired) electrons. The first-order chi connectivity index (χ1) is 15.3. The molecule has 8 nitrogen and oxygen atoms in total. The van der Waals surface area contributed by atoms with Gasteiger partial charge in [-0.3, -0.25) is 19.7 Å². The fraction of sp³-hybridized carbons (Fsp3) is 0.333. The number of hydrogen-bond donors (Lipinski definition) is 0. The van der Waals surface area contributed by atoms with Crippen LogP contribution in [0.3, 0.4) is 0 Å². The van der Waals surface area contributed by atoms with E-state index in [1.54, 1.807) is 21.9 Å². The lowest BCUT2D eigenvalue weighted by Crippen LogP contribution is -2.51. The van der Waals surface area contributed by atoms with Gasteiger partial charge in [-0.2, -0.15) is 0 Å². The maximum absolute atomic E-state index is 13.2. The van der Waals surface area contributed by atoms with E-state index >= 15 is 0 Å². The highest BCUT2D eigenvalue weighted by Gasteiger charge is 2.26. The number of amides is 2. The standard InChI is InChI=1S/C21H21ClFN3O5S/c1-31-19-5-2-14(10-18(19)26(29)30)12-32-13-20(27)24-6-8-25(9-7-24)21(28)16-4-3-15(23)11-17(16)22/h2-5,10-11H,6-9,12-13H2,1H3. The minimum absolute atomic E-state index is 0.0590. The molecule has 1 saturated heterocycles. The number of piperazine rings is 1. The highest BCUT2D eigenvalue weighted by Crippen LogP contribution is 2.29. The van der Waals surface area contributed by atoms with Gasteiger partial charge in [0, 0.05) is 38.0 Å². The molecule has 1 heterocycles. The van der Waals surface area contributed by atoms with Crippen LogP contribution in [0.25, 0.3) is 0 Å². The summed E-state index contributed by atoms with van der Waals surface area (Å²) < 4.78 is 18.2. The van der Waals surface area contributed by atoms with Crippen LogP contribution >= 0.6 is 23.4 Å². The van der Waals surface area contributed by atoms with E-state index in [0.29, 0.717) is 31.9 Å². The van der Waals surface area contributed by atoms with E-state index in [1.165, 1.54) is 37.1 Å². The number of nitrogens with zero attached hydrogens (tertiary/aromatic N) is 3. The number of halogens is 2. The molecular weight excluding hydrogens is 461 g/mol. The Balaban J connectivity index is 1.48. The Morgan fingerprint density at radius 1 is 1.16 bits per heavy atom. The monoisotopic (exact) mass is 481 g/mol. The topological polar surface area (TPSA) is 93.0 Å². The Morgan fingerprint density at radius 3 is 2.47 bits per heavy atom. The first kappa shape index (κ1) is 23.8. The fourth-order valence-corrected chi connectivity index (χ4v) is 4.43. The molecule has 1 aliphatic heterocycles. The molecule has 0 saturated carbocycles. The summed E-state index contributed by atoms with van der Waals surface area (Å²) >= 11 is 7.34. The van der Waals surface area contributed by atoms with Crippen LogP contribution in [0.15, 0.2) is 36.4 Å². The van der Waals surface area contributed by atoms with Crippen molar-refractivity contribution in [2.24, 2.45) is 0 Å². The summed E-state index contributed by atoms with van der Waals surface area (Å²) in [6.45, 7) is 1.48. The van der Waals surface area contributed by atoms with E-state index in [0.717, 1.165) is 11.6 Å². The van der Waals surface area contributed by atoms with E-state index in [2.05, 4.69) is 0 Å². The van der Waals surface area contributed by atoms with Crippen molar-refractivity contribution in [3.8, 4) is 5.75 Å². The summed E-state index contributed by atoms with van der Waals surface area (Å²) in [5.41, 5.74) is 0.845. The van der Waals surface area contributed by atoms with Crippen LogP contribution in [0, 0.1) is 15.9 Å². The molecule has 2 aromatic carbocycles. The number of nitro groups is 1. The summed E-state index contributed by atoms with van der Waals surface area (Å²) in [7, 11) is 1.37. The van der Waals surface area contributed by atoms with Crippen LogP contribution in [0.5, 0.6) is 5.75 Å². The van der Waals surface area contributed by atoms with E-state index in [4.69, 9.17) is 16.3 Å². The molecule has 0 unspecified atom stereocenters. The SMILES string of the molecule is COc1ccc(CSCC(=O)N2CCN(C(=O)c3ccc(F)cc3Cl)CC2)cc1[N+](=O)[O-]. The number of rotatable bonds is 7. The smallest absolute Gasteiger partial charge is 0.311 e. The summed E-state index contributed by atoms with van der Waals surface area (Å²) in [4.78, 5) is 39.0. The first-order valence-electron chi connectivity index (χ1n) is 9.71. The van der Waals surface area contributed by atoms with Gasteiger partial charge in [-0.15, -0.1) is 11.8 Å². The van der Waals surface area contributed by atoms with Gasteiger partial charge in [0.1, 0.15) is 5.82 Å². The minimum atomic E-state index is -0.510. The molecular formula is C21H21ClFN3O5S. The molecule has 0 aromatic heterocycles. The van der Waals surface area contributed by atoms with Gasteiger partial charge in [0.05, 0.1) is 28.4 Å². The van der Waals surface area contributed by atoms with Crippen molar-refractivity contribution in [2.45, 2.75) is 5.75 Å². The van der Waals surface area contributed by atoms with Crippen molar-refractivity contribution < 1.29 is 23.6 Å². The minimum Gasteiger partial charge on any atom is -0.490 e. The highest BCUT2D eigenvalue weighted by atomic mass is 35.5. The number of carbonyl (C=O) groups excluding carboxylic acids is 2. The highest BCUT2D eigenvalue weighted by molar-refractivity contribution is 7.99. The maximum Gasteiger partial charge on any atom is 0.311 e. The van der Waals surface area contributed by atoms with Gasteiger partial charge in [0.15, 0.2) is 5.75 Å². The third kappa shape index (κ3) is 5.68. The average Bonchev–Trinajstić information content (AvgIpc) is 2.78. The zero-order valence-corrected chi connectivity index (χ0v) is 18.8. The molecule has 1 fully saturated rings. The zero-order valence-electron chi connectivity index (χ0n) is 17.3. The average molecular weight is 482 g/mol. The molecule has 11 heteroatoms. The Labute approximate surface area is 193 Å². The number of benzene rings is 2. The Kier molecular flexibility index (Phi) is 7.92. The largest absolute Gasteiger partial charge is 0.490 e. The molecule has 2 aromatic rings. The van der Waals surface area contributed by atoms with Crippen LogP contribution in [-0.2, 0) is 10.5 Å². The number of hydrogen-bond acceptors (Lipinski definition) is 6. The summed E-state index contributed by atoms with van der Waals surface area (Å²) in [6.07, 6.45) is 0. The summed E-state index contributed by atoms with van der Waals surface area (Å²) in [5.74, 6) is -0.0178. The van der Waals surface area contributed by atoms with Crippen LogP contribution in [0.4, 0.5) is 10.1 Å². The molecule has 32 heavy (non-hydrogen) atoms. The third-order valence-corrected chi connectivity index (χ3v) is 6.32. The normalized spacial score (nSPS) is 13.7. The second-order valence-corrected chi connectivity index (χ2v) is 8.45. The lowest BCUT2D eigenvalue weighted by atomic mass is 10.1. The number of ether oxygens (including phenoxy) is 1. The maximum atomic E-state index is 13.2. The molecule has 170 valence electrons. The van der Waals surface area contributed by atoms with Crippen molar-refractivity contribution in [1.82, 2.24) is 9.80 Å². The van der Waals surface area contributed by atoms with Crippen LogP contribution in [-0.4, -0.2) is 65.6 Å². The van der Waals surface area contributed by atoms with Gasteiger partial charge in [0.2, 0.25) is 5.91 Å². The van der Waals surface area contributed by atoms with E-state index < -0.39 is 10.7 Å². The van der Waals surface area contributed by atoms with Crippen LogP contribution in [0.1, 0.15) is 15.9 Å². The zero-order chi connectivity index (χ0) is 23.3. The second-order valence-electron chi connectivity index (χ2n) is 7.05. The number of nitro benzene ring substituents is 1. The second kappa shape index (κ2) is 10.6. The number of carbonyl (C=O) groups is 2. The molecule has 0 N–H and O–H groups in total. The first-order valence-corrected chi connectivity index (χ1v) is 11.2. The quantitative estimate of drug-likeness (QED) is 0.443. The Morgan fingerprint density at radius 2 is 1.84 bits per heavy atom. The molecule has 3 rings (SSSR count). The van der Waals surface area contributed by atoms with Crippen LogP contribution in [0.2, 0.25) is 5.02 Å². The third-order valence-electron chi connectivity index (χ3n) is 5.02. The van der Waals surface area contributed by atoms with Gasteiger partial charge in [-0.05, 0) is 29.8 Å². The van der Waals surface area contributed by atoms with Crippen molar-refractivity contribution in [2.75, 3.05) is 39.0 Å². The molecule has 2 amide bonds. The Hall–Kier alpha value is -2.85. The fourth-order valence-electron chi connectivity index (χ4n) is 3.31. The van der Waals surface area contributed by atoms with Gasteiger partial charge < -0.3 is 14.5 Å². The van der Waals surface area contributed by atoms with E-state index in [9.17, 15) is 24.1 Å². The van der Waals surface area contributed by atoms with Crippen molar-refractivity contribution >= 4 is 40.9 Å². The van der Waals surface area contributed by atoms with Gasteiger partial charge in [-0.1, -0.05) is 17.7 Å². The van der Waals surface area contributed by atoms with Crippen molar-refractivity contribution in [3.63, 3.8) is 0 Å². The lowest BCUT2D eigenvalue weighted by molar-refractivity contribution is -0.385.